The Morgan fingerprint density at radius 3 is 2.64 bits per heavy atom. The lowest BCUT2D eigenvalue weighted by molar-refractivity contribution is -0.206. The van der Waals surface area contributed by atoms with Gasteiger partial charge in [-0.2, -0.15) is 13.2 Å². The fraction of sp³-hybridized carbons (Fsp3) is 0.556. The maximum atomic E-state index is 13.5. The Bertz CT molecular complexity index is 768. The van der Waals surface area contributed by atoms with Gasteiger partial charge in [0.05, 0.1) is 17.0 Å². The summed E-state index contributed by atoms with van der Waals surface area (Å²) in [6, 6.07) is 1.82. The van der Waals surface area contributed by atoms with E-state index in [9.17, 15) is 27.2 Å². The minimum Gasteiger partial charge on any atom is -0.353 e. The van der Waals surface area contributed by atoms with Gasteiger partial charge in [-0.15, -0.1) is 0 Å². The summed E-state index contributed by atoms with van der Waals surface area (Å²) in [5.41, 5.74) is 0.430. The third kappa shape index (κ3) is 4.19. The molecule has 3 rings (SSSR count). The minimum atomic E-state index is -4.29. The van der Waals surface area contributed by atoms with Crippen molar-refractivity contribution in [3.8, 4) is 0 Å². The second-order valence-electron chi connectivity index (χ2n) is 7.23. The molecule has 1 aromatic rings. The topological polar surface area (TPSA) is 61.4 Å². The third-order valence-corrected chi connectivity index (χ3v) is 5.74. The molecule has 2 atom stereocenters. The Morgan fingerprint density at radius 1 is 1.36 bits per heavy atom. The van der Waals surface area contributed by atoms with Crippen LogP contribution in [-0.2, 0) is 4.79 Å². The first-order valence-electron chi connectivity index (χ1n) is 8.94. The zero-order chi connectivity index (χ0) is 20.6. The summed E-state index contributed by atoms with van der Waals surface area (Å²) in [5.74, 6) is -2.85. The number of benzene rings is 1. The normalized spacial score (nSPS) is 26.3. The van der Waals surface area contributed by atoms with E-state index in [-0.39, 0.29) is 30.3 Å². The van der Waals surface area contributed by atoms with E-state index in [2.05, 4.69) is 10.6 Å². The smallest absolute Gasteiger partial charge is 0.353 e. The molecule has 5 nitrogen and oxygen atoms in total. The van der Waals surface area contributed by atoms with Crippen molar-refractivity contribution in [3.63, 3.8) is 0 Å². The molecule has 2 aliphatic rings. The molecule has 154 valence electrons. The number of amides is 3. The van der Waals surface area contributed by atoms with Crippen LogP contribution in [0.4, 0.5) is 22.4 Å². The van der Waals surface area contributed by atoms with Crippen LogP contribution >= 0.6 is 11.6 Å². The predicted octanol–water partition coefficient (Wildman–Crippen LogP) is 3.64. The van der Waals surface area contributed by atoms with Gasteiger partial charge in [-0.3, -0.25) is 4.79 Å². The second kappa shape index (κ2) is 7.77. The Balaban J connectivity index is 1.79. The van der Waals surface area contributed by atoms with Crippen molar-refractivity contribution >= 4 is 23.5 Å². The Hall–Kier alpha value is -2.03. The highest BCUT2D eigenvalue weighted by Crippen LogP contribution is 2.49. The summed E-state index contributed by atoms with van der Waals surface area (Å²) in [4.78, 5) is 25.8. The molecule has 0 spiro atoms. The van der Waals surface area contributed by atoms with Crippen molar-refractivity contribution < 1.29 is 27.2 Å². The molecule has 1 aromatic carbocycles. The number of carbonyl (C=O) groups is 2. The van der Waals surface area contributed by atoms with E-state index in [4.69, 9.17) is 11.6 Å². The molecule has 1 saturated carbocycles. The Morgan fingerprint density at radius 2 is 2.04 bits per heavy atom. The molecule has 0 radical (unpaired) electrons. The van der Waals surface area contributed by atoms with E-state index in [0.29, 0.717) is 12.1 Å². The van der Waals surface area contributed by atoms with Crippen molar-refractivity contribution in [2.45, 2.75) is 38.0 Å². The molecule has 1 heterocycles. The lowest BCUT2D eigenvalue weighted by Gasteiger charge is -2.43. The predicted molar refractivity (Wildman–Crippen MR) is 94.1 cm³/mol. The number of carbonyl (C=O) groups excluding carboxylic acids is 2. The summed E-state index contributed by atoms with van der Waals surface area (Å²) >= 11 is 5.82. The van der Waals surface area contributed by atoms with E-state index >= 15 is 0 Å². The van der Waals surface area contributed by atoms with Gasteiger partial charge >= 0.3 is 12.2 Å². The van der Waals surface area contributed by atoms with Crippen LogP contribution < -0.4 is 10.6 Å². The molecule has 10 heteroatoms. The summed E-state index contributed by atoms with van der Waals surface area (Å²) in [7, 11) is 0. The maximum Gasteiger partial charge on any atom is 0.391 e. The highest BCUT2D eigenvalue weighted by molar-refractivity contribution is 6.30. The first-order valence-corrected chi connectivity index (χ1v) is 9.32. The fourth-order valence-electron chi connectivity index (χ4n) is 3.66. The van der Waals surface area contributed by atoms with Gasteiger partial charge in [-0.1, -0.05) is 17.7 Å². The zero-order valence-electron chi connectivity index (χ0n) is 15.0. The highest BCUT2D eigenvalue weighted by Gasteiger charge is 2.50. The summed E-state index contributed by atoms with van der Waals surface area (Å²) < 4.78 is 52.2. The number of alkyl halides is 3. The largest absolute Gasteiger partial charge is 0.391 e. The van der Waals surface area contributed by atoms with Crippen LogP contribution in [0.5, 0.6) is 0 Å². The molecule has 28 heavy (non-hydrogen) atoms. The molecule has 0 bridgehead atoms. The van der Waals surface area contributed by atoms with E-state index in [1.165, 1.54) is 17.0 Å². The molecule has 1 unspecified atom stereocenters. The molecule has 0 aromatic heterocycles. The van der Waals surface area contributed by atoms with Crippen LogP contribution in [0.2, 0.25) is 5.02 Å². The lowest BCUT2D eigenvalue weighted by atomic mass is 9.69. The van der Waals surface area contributed by atoms with Crippen LogP contribution in [0.3, 0.4) is 0 Å². The molecule has 1 saturated heterocycles. The van der Waals surface area contributed by atoms with E-state index in [1.807, 2.05) is 0 Å². The summed E-state index contributed by atoms with van der Waals surface area (Å²) in [5, 5.41) is 5.20. The molecule has 3 amide bonds. The standard InChI is InChI=1S/C18H20ClF4N3O2/c1-9-16(27)24-4-5-26(9)17(28)25-15(10-2-3-14(20)13(19)8-10)11-6-12(7-11)18(21,22)23/h2-3,8-9,11-12,15H,4-7H2,1H3,(H,24,27)(H,25,28)/t9-,11?,12?,15?/m1/s1. The third-order valence-electron chi connectivity index (χ3n) is 5.45. The first-order chi connectivity index (χ1) is 13.1. The monoisotopic (exact) mass is 421 g/mol. The average Bonchev–Trinajstić information content (AvgIpc) is 2.56. The number of rotatable bonds is 3. The molecular formula is C18H20ClF4N3O2. The molecule has 1 aliphatic heterocycles. The van der Waals surface area contributed by atoms with Gasteiger partial charge in [0.1, 0.15) is 11.9 Å². The number of nitrogens with one attached hydrogen (secondary N) is 2. The SMILES string of the molecule is C[C@@H]1C(=O)NCCN1C(=O)NC(c1ccc(F)c(Cl)c1)C1CC(C(F)(F)F)C1. The Labute approximate surface area is 164 Å². The number of hydrogen-bond donors (Lipinski definition) is 2. The van der Waals surface area contributed by atoms with Gasteiger partial charge in [0, 0.05) is 13.1 Å². The van der Waals surface area contributed by atoms with Crippen LogP contribution in [0.1, 0.15) is 31.4 Å². The zero-order valence-corrected chi connectivity index (χ0v) is 15.8. The molecule has 1 aliphatic carbocycles. The van der Waals surface area contributed by atoms with Gasteiger partial charge in [0.25, 0.3) is 0 Å². The number of urea groups is 1. The van der Waals surface area contributed by atoms with Crippen LogP contribution in [0.25, 0.3) is 0 Å². The van der Waals surface area contributed by atoms with E-state index < -0.39 is 41.9 Å². The van der Waals surface area contributed by atoms with Gasteiger partial charge in [0.15, 0.2) is 0 Å². The molecule has 2 N–H and O–H groups in total. The number of hydrogen-bond acceptors (Lipinski definition) is 2. The van der Waals surface area contributed by atoms with E-state index in [0.717, 1.165) is 6.07 Å². The molecule has 2 fully saturated rings. The van der Waals surface area contributed by atoms with Gasteiger partial charge in [-0.05, 0) is 43.4 Å². The van der Waals surface area contributed by atoms with Crippen molar-refractivity contribution in [1.82, 2.24) is 15.5 Å². The van der Waals surface area contributed by atoms with E-state index in [1.54, 1.807) is 6.92 Å². The quantitative estimate of drug-likeness (QED) is 0.732. The first kappa shape index (κ1) is 20.7. The molecular weight excluding hydrogens is 402 g/mol. The van der Waals surface area contributed by atoms with Crippen molar-refractivity contribution in [2.75, 3.05) is 13.1 Å². The number of nitrogens with zero attached hydrogens (tertiary/aromatic N) is 1. The van der Waals surface area contributed by atoms with Crippen molar-refractivity contribution in [1.29, 1.82) is 0 Å². The number of halogens is 5. The highest BCUT2D eigenvalue weighted by atomic mass is 35.5. The fourth-order valence-corrected chi connectivity index (χ4v) is 3.85. The summed E-state index contributed by atoms with van der Waals surface area (Å²) in [6.07, 6.45) is -4.57. The maximum absolute atomic E-state index is 13.5. The van der Waals surface area contributed by atoms with Crippen LogP contribution in [0, 0.1) is 17.7 Å². The van der Waals surface area contributed by atoms with Crippen molar-refractivity contribution in [2.24, 2.45) is 11.8 Å². The average molecular weight is 422 g/mol. The number of piperazine rings is 1. The Kier molecular flexibility index (Phi) is 5.74. The minimum absolute atomic E-state index is 0.139. The van der Waals surface area contributed by atoms with Crippen LogP contribution in [0.15, 0.2) is 18.2 Å². The van der Waals surface area contributed by atoms with Crippen molar-refractivity contribution in [3.05, 3.63) is 34.6 Å². The summed E-state index contributed by atoms with van der Waals surface area (Å²) in [6.45, 7) is 2.15. The second-order valence-corrected chi connectivity index (χ2v) is 7.64. The lowest BCUT2D eigenvalue weighted by Crippen LogP contribution is -2.59. The van der Waals surface area contributed by atoms with Gasteiger partial charge in [0.2, 0.25) is 5.91 Å². The van der Waals surface area contributed by atoms with Crippen LogP contribution in [-0.4, -0.2) is 42.1 Å². The van der Waals surface area contributed by atoms with Gasteiger partial charge < -0.3 is 15.5 Å². The van der Waals surface area contributed by atoms with Gasteiger partial charge in [-0.25, -0.2) is 9.18 Å².